The maximum atomic E-state index is 11.7. The van der Waals surface area contributed by atoms with Gasteiger partial charge < -0.3 is 10.0 Å². The van der Waals surface area contributed by atoms with Gasteiger partial charge in [0.05, 0.1) is 4.92 Å². The Labute approximate surface area is 123 Å². The number of aliphatic carboxylic acids is 1. The zero-order valence-corrected chi connectivity index (χ0v) is 12.5. The van der Waals surface area contributed by atoms with Crippen LogP contribution in [0.2, 0.25) is 0 Å². The molecule has 0 aliphatic carbocycles. The van der Waals surface area contributed by atoms with Crippen LogP contribution in [0, 0.1) is 22.5 Å². The van der Waals surface area contributed by atoms with Crippen molar-refractivity contribution in [1.29, 1.82) is 0 Å². The molecule has 0 aromatic heterocycles. The Morgan fingerprint density at radius 2 is 2.14 bits per heavy atom. The first-order chi connectivity index (χ1) is 9.74. The topological polar surface area (TPSA) is 83.7 Å². The fraction of sp³-hybridized carbons (Fsp3) is 0.533. The quantitative estimate of drug-likeness (QED) is 0.684. The third-order valence-corrected chi connectivity index (χ3v) is 4.21. The minimum absolute atomic E-state index is 0.0272. The summed E-state index contributed by atoms with van der Waals surface area (Å²) in [6.45, 7) is 6.35. The van der Waals surface area contributed by atoms with Gasteiger partial charge in [0.2, 0.25) is 0 Å². The maximum Gasteiger partial charge on any atom is 0.326 e. The highest BCUT2D eigenvalue weighted by Gasteiger charge is 2.43. The van der Waals surface area contributed by atoms with E-state index in [1.165, 1.54) is 12.1 Å². The summed E-state index contributed by atoms with van der Waals surface area (Å²) in [5, 5.41) is 20.4. The molecular weight excluding hydrogens is 272 g/mol. The minimum Gasteiger partial charge on any atom is -0.480 e. The lowest BCUT2D eigenvalue weighted by Crippen LogP contribution is -2.54. The number of aryl methyl sites for hydroxylation is 1. The van der Waals surface area contributed by atoms with Gasteiger partial charge in [0.25, 0.3) is 5.69 Å². The first-order valence-electron chi connectivity index (χ1n) is 6.98. The van der Waals surface area contributed by atoms with Crippen LogP contribution in [0.5, 0.6) is 0 Å². The van der Waals surface area contributed by atoms with E-state index in [-0.39, 0.29) is 11.1 Å². The fourth-order valence-corrected chi connectivity index (χ4v) is 3.20. The molecule has 1 atom stereocenters. The molecule has 21 heavy (non-hydrogen) atoms. The number of nitrogens with zero attached hydrogens (tertiary/aromatic N) is 2. The second-order valence-corrected chi connectivity index (χ2v) is 6.25. The summed E-state index contributed by atoms with van der Waals surface area (Å²) in [5.41, 5.74) is 1.19. The Morgan fingerprint density at radius 1 is 1.48 bits per heavy atom. The Kier molecular flexibility index (Phi) is 3.89. The number of anilines is 1. The van der Waals surface area contributed by atoms with Gasteiger partial charge in [0.1, 0.15) is 6.04 Å². The van der Waals surface area contributed by atoms with Crippen LogP contribution in [0.25, 0.3) is 0 Å². The van der Waals surface area contributed by atoms with E-state index in [4.69, 9.17) is 0 Å². The number of carbonyl (C=O) groups is 1. The number of hydrogen-bond donors (Lipinski definition) is 1. The number of hydrogen-bond acceptors (Lipinski definition) is 4. The van der Waals surface area contributed by atoms with Crippen molar-refractivity contribution in [2.45, 2.75) is 39.7 Å². The normalized spacial score (nSPS) is 21.1. The average Bonchev–Trinajstić information content (AvgIpc) is 2.36. The number of non-ortho nitro benzene ring substituents is 1. The molecule has 1 aromatic carbocycles. The molecule has 0 radical (unpaired) electrons. The molecule has 0 spiro atoms. The summed E-state index contributed by atoms with van der Waals surface area (Å²) >= 11 is 0. The van der Waals surface area contributed by atoms with E-state index in [9.17, 15) is 20.0 Å². The second kappa shape index (κ2) is 5.35. The van der Waals surface area contributed by atoms with Crippen molar-refractivity contribution in [3.63, 3.8) is 0 Å². The third-order valence-electron chi connectivity index (χ3n) is 4.21. The molecule has 1 unspecified atom stereocenters. The number of benzene rings is 1. The molecule has 114 valence electrons. The highest BCUT2D eigenvalue weighted by molar-refractivity contribution is 5.80. The summed E-state index contributed by atoms with van der Waals surface area (Å²) in [5.74, 6) is -0.850. The lowest BCUT2D eigenvalue weighted by Gasteiger charge is -2.45. The summed E-state index contributed by atoms with van der Waals surface area (Å²) < 4.78 is 0. The van der Waals surface area contributed by atoms with Crippen molar-refractivity contribution in [3.8, 4) is 0 Å². The van der Waals surface area contributed by atoms with Crippen molar-refractivity contribution in [1.82, 2.24) is 0 Å². The van der Waals surface area contributed by atoms with Gasteiger partial charge in [-0.25, -0.2) is 4.79 Å². The second-order valence-electron chi connectivity index (χ2n) is 6.25. The standard InChI is InChI=1S/C15H20N2O4/c1-10-9-11(17(20)21)5-6-12(10)16-8-4-7-15(2,3)13(16)14(18)19/h5-6,9,13H,4,7-8H2,1-3H3,(H,18,19). The van der Waals surface area contributed by atoms with Gasteiger partial charge in [0, 0.05) is 24.4 Å². The van der Waals surface area contributed by atoms with Gasteiger partial charge in [-0.05, 0) is 36.8 Å². The molecule has 1 heterocycles. The Hall–Kier alpha value is -2.11. The van der Waals surface area contributed by atoms with Gasteiger partial charge in [0.15, 0.2) is 0 Å². The highest BCUT2D eigenvalue weighted by Crippen LogP contribution is 2.39. The Bertz CT molecular complexity index is 583. The SMILES string of the molecule is Cc1cc([N+](=O)[O-])ccc1N1CCCC(C)(C)C1C(=O)O. The van der Waals surface area contributed by atoms with E-state index in [1.54, 1.807) is 13.0 Å². The van der Waals surface area contributed by atoms with E-state index < -0.39 is 16.9 Å². The molecule has 1 saturated heterocycles. The van der Waals surface area contributed by atoms with Crippen LogP contribution in [0.4, 0.5) is 11.4 Å². The lowest BCUT2D eigenvalue weighted by atomic mass is 9.76. The minimum atomic E-state index is -0.850. The van der Waals surface area contributed by atoms with Crippen LogP contribution < -0.4 is 4.90 Å². The lowest BCUT2D eigenvalue weighted by molar-refractivity contribution is -0.384. The Balaban J connectivity index is 2.44. The van der Waals surface area contributed by atoms with Crippen LogP contribution in [-0.4, -0.2) is 28.6 Å². The first-order valence-corrected chi connectivity index (χ1v) is 6.98. The van der Waals surface area contributed by atoms with E-state index >= 15 is 0 Å². The van der Waals surface area contributed by atoms with E-state index in [0.29, 0.717) is 6.54 Å². The van der Waals surface area contributed by atoms with Gasteiger partial charge in [-0.3, -0.25) is 10.1 Å². The van der Waals surface area contributed by atoms with Crippen molar-refractivity contribution in [2.24, 2.45) is 5.41 Å². The summed E-state index contributed by atoms with van der Waals surface area (Å²) in [6, 6.07) is 3.97. The average molecular weight is 292 g/mol. The van der Waals surface area contributed by atoms with Gasteiger partial charge in [-0.1, -0.05) is 13.8 Å². The van der Waals surface area contributed by atoms with E-state index in [0.717, 1.165) is 24.1 Å². The Morgan fingerprint density at radius 3 is 2.67 bits per heavy atom. The van der Waals surface area contributed by atoms with Gasteiger partial charge >= 0.3 is 5.97 Å². The highest BCUT2D eigenvalue weighted by atomic mass is 16.6. The van der Waals surface area contributed by atoms with E-state index in [1.807, 2.05) is 18.7 Å². The van der Waals surface area contributed by atoms with E-state index in [2.05, 4.69) is 0 Å². The fourth-order valence-electron chi connectivity index (χ4n) is 3.20. The molecule has 1 N–H and O–H groups in total. The number of carboxylic acid groups (broad SMARTS) is 1. The van der Waals surface area contributed by atoms with Crippen molar-refractivity contribution < 1.29 is 14.8 Å². The molecule has 0 amide bonds. The monoisotopic (exact) mass is 292 g/mol. The number of carboxylic acids is 1. The van der Waals surface area contributed by atoms with Crippen LogP contribution in [-0.2, 0) is 4.79 Å². The van der Waals surface area contributed by atoms with Crippen LogP contribution in [0.3, 0.4) is 0 Å². The third kappa shape index (κ3) is 2.84. The molecule has 6 heteroatoms. The number of nitro benzene ring substituents is 1. The van der Waals surface area contributed by atoms with Gasteiger partial charge in [-0.15, -0.1) is 0 Å². The summed E-state index contributed by atoms with van der Waals surface area (Å²) in [4.78, 5) is 23.9. The van der Waals surface area contributed by atoms with Gasteiger partial charge in [-0.2, -0.15) is 0 Å². The molecule has 2 rings (SSSR count). The zero-order chi connectivity index (χ0) is 15.8. The van der Waals surface area contributed by atoms with Crippen LogP contribution >= 0.6 is 0 Å². The van der Waals surface area contributed by atoms with Crippen LogP contribution in [0.1, 0.15) is 32.3 Å². The maximum absolute atomic E-state index is 11.7. The molecule has 6 nitrogen and oxygen atoms in total. The molecule has 1 fully saturated rings. The zero-order valence-electron chi connectivity index (χ0n) is 12.5. The predicted octanol–water partition coefficient (Wildman–Crippen LogP) is 2.98. The molecule has 1 aliphatic rings. The van der Waals surface area contributed by atoms with Crippen molar-refractivity contribution >= 4 is 17.3 Å². The number of rotatable bonds is 3. The largest absolute Gasteiger partial charge is 0.480 e. The molecule has 0 saturated carbocycles. The van der Waals surface area contributed by atoms with Crippen molar-refractivity contribution in [2.75, 3.05) is 11.4 Å². The molecule has 1 aliphatic heterocycles. The molecule has 0 bridgehead atoms. The summed E-state index contributed by atoms with van der Waals surface area (Å²) in [7, 11) is 0. The molecule has 1 aromatic rings. The number of nitro groups is 1. The predicted molar refractivity (Wildman–Crippen MR) is 79.6 cm³/mol. The first kappa shape index (κ1) is 15.3. The number of piperidine rings is 1. The molecular formula is C15H20N2O4. The smallest absolute Gasteiger partial charge is 0.326 e. The van der Waals surface area contributed by atoms with Crippen LogP contribution in [0.15, 0.2) is 18.2 Å². The summed E-state index contributed by atoms with van der Waals surface area (Å²) in [6.07, 6.45) is 1.76. The van der Waals surface area contributed by atoms with Crippen molar-refractivity contribution in [3.05, 3.63) is 33.9 Å².